The van der Waals surface area contributed by atoms with Crippen molar-refractivity contribution in [1.29, 1.82) is 5.26 Å². The fourth-order valence-electron chi connectivity index (χ4n) is 3.26. The molecule has 0 saturated heterocycles. The molecule has 0 bridgehead atoms. The van der Waals surface area contributed by atoms with Crippen molar-refractivity contribution in [2.45, 2.75) is 31.4 Å². The molecular weight excluding hydrogens is 360 g/mol. The predicted octanol–water partition coefficient (Wildman–Crippen LogP) is 5.22. The van der Waals surface area contributed by atoms with Crippen molar-refractivity contribution in [3.8, 4) is 6.07 Å². The van der Waals surface area contributed by atoms with E-state index in [9.17, 15) is 10.1 Å². The molecule has 0 radical (unpaired) electrons. The van der Waals surface area contributed by atoms with Gasteiger partial charge in [0.05, 0.1) is 18.0 Å². The van der Waals surface area contributed by atoms with Crippen LogP contribution < -0.4 is 5.32 Å². The Kier molecular flexibility index (Phi) is 7.42. The van der Waals surface area contributed by atoms with E-state index < -0.39 is 12.0 Å². The molecule has 29 heavy (non-hydrogen) atoms. The van der Waals surface area contributed by atoms with Gasteiger partial charge in [0.15, 0.2) is 0 Å². The van der Waals surface area contributed by atoms with Gasteiger partial charge in [-0.1, -0.05) is 91.0 Å². The number of benzene rings is 3. The van der Waals surface area contributed by atoms with Crippen LogP contribution in [0, 0.1) is 11.3 Å². The zero-order chi connectivity index (χ0) is 20.3. The molecular formula is C25H24N2O2. The average Bonchev–Trinajstić information content (AvgIpc) is 2.78. The summed E-state index contributed by atoms with van der Waals surface area (Å²) in [6.45, 7) is 0.195. The normalized spacial score (nSPS) is 12.4. The number of nitrogens with zero attached hydrogens (tertiary/aromatic N) is 1. The van der Waals surface area contributed by atoms with Crippen LogP contribution in [-0.4, -0.2) is 12.1 Å². The molecule has 1 N–H and O–H groups in total. The highest BCUT2D eigenvalue weighted by atomic mass is 16.5. The first-order valence-electron chi connectivity index (χ1n) is 9.72. The van der Waals surface area contributed by atoms with Gasteiger partial charge in [-0.25, -0.2) is 4.79 Å². The first-order chi connectivity index (χ1) is 14.3. The summed E-state index contributed by atoms with van der Waals surface area (Å²) in [5.74, 6) is -0.454. The minimum absolute atomic E-state index is 0.195. The Morgan fingerprint density at radius 1 is 0.862 bits per heavy atom. The number of alkyl carbamates (subject to hydrolysis) is 1. The summed E-state index contributed by atoms with van der Waals surface area (Å²) in [6.07, 6.45) is 0.885. The molecule has 4 heteroatoms. The van der Waals surface area contributed by atoms with E-state index in [0.29, 0.717) is 6.42 Å². The van der Waals surface area contributed by atoms with Crippen LogP contribution in [0.4, 0.5) is 4.79 Å². The SMILES string of the molecule is N#C[C@H](c1ccccc1)[C@H](CCc1ccccc1)NC(=O)OCc1ccccc1. The number of amides is 1. The van der Waals surface area contributed by atoms with Gasteiger partial charge < -0.3 is 10.1 Å². The van der Waals surface area contributed by atoms with Crippen molar-refractivity contribution in [2.75, 3.05) is 0 Å². The minimum atomic E-state index is -0.511. The zero-order valence-corrected chi connectivity index (χ0v) is 16.2. The molecule has 0 saturated carbocycles. The Hall–Kier alpha value is -3.58. The van der Waals surface area contributed by atoms with Crippen molar-refractivity contribution in [1.82, 2.24) is 5.32 Å². The number of hydrogen-bond donors (Lipinski definition) is 1. The second-order valence-electron chi connectivity index (χ2n) is 6.85. The van der Waals surface area contributed by atoms with Crippen LogP contribution in [0.25, 0.3) is 0 Å². The smallest absolute Gasteiger partial charge is 0.407 e. The van der Waals surface area contributed by atoms with Gasteiger partial charge in [0.25, 0.3) is 0 Å². The molecule has 4 nitrogen and oxygen atoms in total. The summed E-state index contributed by atoms with van der Waals surface area (Å²) in [6, 6.07) is 31.2. The molecule has 0 aliphatic carbocycles. The first kappa shape index (κ1) is 20.2. The molecule has 3 rings (SSSR count). The minimum Gasteiger partial charge on any atom is -0.445 e. The number of carbonyl (C=O) groups excluding carboxylic acids is 1. The summed E-state index contributed by atoms with van der Waals surface area (Å²) < 4.78 is 5.38. The summed E-state index contributed by atoms with van der Waals surface area (Å²) in [5, 5.41) is 12.7. The van der Waals surface area contributed by atoms with Crippen LogP contribution in [0.3, 0.4) is 0 Å². The lowest BCUT2D eigenvalue weighted by Crippen LogP contribution is -2.39. The molecule has 0 fully saturated rings. The third-order valence-electron chi connectivity index (χ3n) is 4.80. The number of carbonyl (C=O) groups is 1. The van der Waals surface area contributed by atoms with Crippen LogP contribution in [-0.2, 0) is 17.8 Å². The molecule has 0 aliphatic heterocycles. The Morgan fingerprint density at radius 3 is 2.00 bits per heavy atom. The number of nitriles is 1. The van der Waals surface area contributed by atoms with Gasteiger partial charge in [0.1, 0.15) is 6.61 Å². The van der Waals surface area contributed by atoms with Gasteiger partial charge in [0.2, 0.25) is 0 Å². The van der Waals surface area contributed by atoms with Gasteiger partial charge in [0, 0.05) is 0 Å². The van der Waals surface area contributed by atoms with Crippen LogP contribution in [0.1, 0.15) is 29.0 Å². The maximum atomic E-state index is 12.4. The van der Waals surface area contributed by atoms with Crippen LogP contribution in [0.5, 0.6) is 0 Å². The second kappa shape index (κ2) is 10.7. The Bertz CT molecular complexity index is 921. The monoisotopic (exact) mass is 384 g/mol. The lowest BCUT2D eigenvalue weighted by atomic mass is 9.89. The first-order valence-corrected chi connectivity index (χ1v) is 9.72. The number of ether oxygens (including phenoxy) is 1. The van der Waals surface area contributed by atoms with E-state index in [1.807, 2.05) is 78.9 Å². The highest BCUT2D eigenvalue weighted by Gasteiger charge is 2.25. The van der Waals surface area contributed by atoms with Crippen LogP contribution in [0.15, 0.2) is 91.0 Å². The Morgan fingerprint density at radius 2 is 1.41 bits per heavy atom. The predicted molar refractivity (Wildman–Crippen MR) is 113 cm³/mol. The van der Waals surface area contributed by atoms with E-state index in [4.69, 9.17) is 4.74 Å². The van der Waals surface area contributed by atoms with Crippen molar-refractivity contribution in [3.63, 3.8) is 0 Å². The highest BCUT2D eigenvalue weighted by molar-refractivity contribution is 5.68. The van der Waals surface area contributed by atoms with Crippen molar-refractivity contribution in [3.05, 3.63) is 108 Å². The largest absolute Gasteiger partial charge is 0.445 e. The third-order valence-corrected chi connectivity index (χ3v) is 4.80. The molecule has 0 unspecified atom stereocenters. The van der Waals surface area contributed by atoms with E-state index in [-0.39, 0.29) is 12.6 Å². The van der Waals surface area contributed by atoms with Gasteiger partial charge >= 0.3 is 6.09 Å². The van der Waals surface area contributed by atoms with Crippen molar-refractivity contribution >= 4 is 6.09 Å². The number of rotatable bonds is 8. The third kappa shape index (κ3) is 6.22. The fraction of sp³-hybridized carbons (Fsp3) is 0.200. The molecule has 1 amide bonds. The second-order valence-corrected chi connectivity index (χ2v) is 6.85. The summed E-state index contributed by atoms with van der Waals surface area (Å²) in [5.41, 5.74) is 2.97. The lowest BCUT2D eigenvalue weighted by Gasteiger charge is -2.23. The van der Waals surface area contributed by atoms with Crippen molar-refractivity contribution in [2.24, 2.45) is 0 Å². The topological polar surface area (TPSA) is 62.1 Å². The zero-order valence-electron chi connectivity index (χ0n) is 16.2. The maximum absolute atomic E-state index is 12.4. The average molecular weight is 384 g/mol. The van der Waals surface area contributed by atoms with E-state index in [2.05, 4.69) is 23.5 Å². The van der Waals surface area contributed by atoms with Crippen molar-refractivity contribution < 1.29 is 9.53 Å². The lowest BCUT2D eigenvalue weighted by molar-refractivity contribution is 0.134. The maximum Gasteiger partial charge on any atom is 0.407 e. The van der Waals surface area contributed by atoms with E-state index in [1.165, 1.54) is 5.56 Å². The number of aryl methyl sites for hydroxylation is 1. The van der Waals surface area contributed by atoms with E-state index >= 15 is 0 Å². The Labute approximate surface area is 171 Å². The van der Waals surface area contributed by atoms with Crippen LogP contribution >= 0.6 is 0 Å². The molecule has 0 spiro atoms. The molecule has 0 aliphatic rings. The van der Waals surface area contributed by atoms with Gasteiger partial charge in [-0.2, -0.15) is 5.26 Å². The quantitative estimate of drug-likeness (QED) is 0.579. The summed E-state index contributed by atoms with van der Waals surface area (Å²) in [4.78, 5) is 12.4. The molecule has 146 valence electrons. The standard InChI is InChI=1S/C25H24N2O2/c26-18-23(22-14-8-3-9-15-22)24(17-16-20-10-4-1-5-11-20)27-25(28)29-19-21-12-6-2-7-13-21/h1-15,23-24H,16-17,19H2,(H,27,28)/t23-,24+/m1/s1. The molecule has 3 aromatic rings. The molecule has 0 aromatic heterocycles. The molecule has 2 atom stereocenters. The van der Waals surface area contributed by atoms with Crippen LogP contribution in [0.2, 0.25) is 0 Å². The van der Waals surface area contributed by atoms with Gasteiger partial charge in [-0.05, 0) is 29.5 Å². The van der Waals surface area contributed by atoms with Gasteiger partial charge in [-0.15, -0.1) is 0 Å². The summed E-state index contributed by atoms with van der Waals surface area (Å²) >= 11 is 0. The fourth-order valence-corrected chi connectivity index (χ4v) is 3.26. The van der Waals surface area contributed by atoms with E-state index in [0.717, 1.165) is 17.5 Å². The summed E-state index contributed by atoms with van der Waals surface area (Å²) in [7, 11) is 0. The molecule has 3 aromatic carbocycles. The number of nitrogens with one attached hydrogen (secondary N) is 1. The Balaban J connectivity index is 1.69. The molecule has 0 heterocycles. The van der Waals surface area contributed by atoms with Gasteiger partial charge in [-0.3, -0.25) is 0 Å². The number of hydrogen-bond acceptors (Lipinski definition) is 3. The van der Waals surface area contributed by atoms with E-state index in [1.54, 1.807) is 0 Å². The highest BCUT2D eigenvalue weighted by Crippen LogP contribution is 2.23.